The van der Waals surface area contributed by atoms with Gasteiger partial charge in [0.1, 0.15) is 11.6 Å². The van der Waals surface area contributed by atoms with E-state index in [-0.39, 0.29) is 5.82 Å². The Morgan fingerprint density at radius 2 is 1.97 bits per heavy atom. The van der Waals surface area contributed by atoms with Crippen LogP contribution in [0.1, 0.15) is 57.7 Å². The van der Waals surface area contributed by atoms with Gasteiger partial charge in [-0.1, -0.05) is 57.9 Å². The van der Waals surface area contributed by atoms with E-state index >= 15 is 0 Å². The number of pyridine rings is 1. The van der Waals surface area contributed by atoms with Crippen molar-refractivity contribution < 1.29 is 4.39 Å². The van der Waals surface area contributed by atoms with Gasteiger partial charge in [0.2, 0.25) is 0 Å². The minimum Gasteiger partial charge on any atom is -0.355 e. The Bertz CT molecular complexity index is 766. The Morgan fingerprint density at radius 1 is 1.17 bits per heavy atom. The van der Waals surface area contributed by atoms with E-state index in [0.717, 1.165) is 55.2 Å². The first-order chi connectivity index (χ1) is 14.5. The molecule has 1 aliphatic rings. The number of anilines is 1. The van der Waals surface area contributed by atoms with Gasteiger partial charge in [-0.05, 0) is 67.6 Å². The molecule has 30 heavy (non-hydrogen) atoms. The van der Waals surface area contributed by atoms with E-state index < -0.39 is 0 Å². The zero-order valence-corrected chi connectivity index (χ0v) is 19.0. The van der Waals surface area contributed by atoms with Crippen molar-refractivity contribution in [3.05, 3.63) is 66.1 Å². The maximum atomic E-state index is 12.9. The summed E-state index contributed by atoms with van der Waals surface area (Å²) in [7, 11) is 0. The lowest BCUT2D eigenvalue weighted by Crippen LogP contribution is -2.28. The number of nitrogens with zero attached hydrogens (tertiary/aromatic N) is 2. The smallest absolute Gasteiger partial charge is 0.129 e. The van der Waals surface area contributed by atoms with Gasteiger partial charge in [0, 0.05) is 19.6 Å². The van der Waals surface area contributed by atoms with Gasteiger partial charge in [-0.2, -0.15) is 0 Å². The lowest BCUT2D eigenvalue weighted by atomic mass is 9.93. The highest BCUT2D eigenvalue weighted by Gasteiger charge is 2.11. The second-order valence-electron chi connectivity index (χ2n) is 8.15. The number of hydrogen-bond acceptors (Lipinski definition) is 3. The molecule has 0 radical (unpaired) electrons. The molecule has 1 aliphatic heterocycles. The number of halogens is 1. The van der Waals surface area contributed by atoms with Gasteiger partial charge in [-0.15, -0.1) is 0 Å². The van der Waals surface area contributed by atoms with E-state index in [0.29, 0.717) is 5.92 Å². The zero-order chi connectivity index (χ0) is 21.8. The average Bonchev–Trinajstić information content (AvgIpc) is 3.04. The average molecular weight is 412 g/mol. The second-order valence-corrected chi connectivity index (χ2v) is 8.15. The fraction of sp³-hybridized carbons (Fsp3) is 0.500. The number of aromatic nitrogens is 1. The highest BCUT2D eigenvalue weighted by Crippen LogP contribution is 2.18. The zero-order valence-electron chi connectivity index (χ0n) is 19.0. The van der Waals surface area contributed by atoms with Crippen LogP contribution in [0.3, 0.4) is 0 Å². The molecule has 3 rings (SSSR count). The fourth-order valence-corrected chi connectivity index (χ4v) is 3.77. The molecule has 164 valence electrons. The largest absolute Gasteiger partial charge is 0.355 e. The van der Waals surface area contributed by atoms with Crippen LogP contribution in [-0.4, -0.2) is 31.2 Å². The Hall–Kier alpha value is -2.20. The fourth-order valence-electron chi connectivity index (χ4n) is 3.77. The van der Waals surface area contributed by atoms with Crippen LogP contribution >= 0.6 is 0 Å². The van der Waals surface area contributed by atoms with Crippen LogP contribution in [0.25, 0.3) is 5.57 Å². The Labute approximate surface area is 182 Å². The molecule has 3 nitrogen and oxygen atoms in total. The third kappa shape index (κ3) is 8.27. The van der Waals surface area contributed by atoms with Crippen molar-refractivity contribution in [2.45, 2.75) is 52.9 Å². The minimum absolute atomic E-state index is 0.117. The summed E-state index contributed by atoms with van der Waals surface area (Å²) in [6.07, 6.45) is 5.84. The van der Waals surface area contributed by atoms with Crippen molar-refractivity contribution >= 4 is 11.4 Å². The van der Waals surface area contributed by atoms with Crippen molar-refractivity contribution in [1.82, 2.24) is 10.3 Å². The Kier molecular flexibility index (Phi) is 10.6. The van der Waals surface area contributed by atoms with Crippen LogP contribution in [0.5, 0.6) is 0 Å². The molecule has 1 fully saturated rings. The summed E-state index contributed by atoms with van der Waals surface area (Å²) in [4.78, 5) is 6.98. The van der Waals surface area contributed by atoms with Gasteiger partial charge in [-0.3, -0.25) is 0 Å². The molecule has 2 heterocycles. The molecule has 1 unspecified atom stereocenters. The van der Waals surface area contributed by atoms with Crippen molar-refractivity contribution in [1.29, 1.82) is 0 Å². The molecule has 0 spiro atoms. The quantitative estimate of drug-likeness (QED) is 0.596. The molecular formula is C26H38FN3. The van der Waals surface area contributed by atoms with Crippen LogP contribution < -0.4 is 10.2 Å². The highest BCUT2D eigenvalue weighted by molar-refractivity contribution is 5.59. The van der Waals surface area contributed by atoms with Crippen LogP contribution in [0.4, 0.5) is 10.2 Å². The van der Waals surface area contributed by atoms with Crippen LogP contribution in [0.15, 0.2) is 49.0 Å². The summed E-state index contributed by atoms with van der Waals surface area (Å²) in [5.74, 6) is 1.67. The second kappa shape index (κ2) is 13.2. The van der Waals surface area contributed by atoms with E-state index in [1.807, 2.05) is 19.1 Å². The molecule has 1 aromatic carbocycles. The van der Waals surface area contributed by atoms with Gasteiger partial charge in [0.15, 0.2) is 0 Å². The third-order valence-corrected chi connectivity index (χ3v) is 5.52. The number of benzene rings is 1. The maximum Gasteiger partial charge on any atom is 0.129 e. The first-order valence-electron chi connectivity index (χ1n) is 11.4. The summed E-state index contributed by atoms with van der Waals surface area (Å²) in [5.41, 5.74) is 3.15. The third-order valence-electron chi connectivity index (χ3n) is 5.52. The lowest BCUT2D eigenvalue weighted by Gasteiger charge is -2.21. The van der Waals surface area contributed by atoms with Gasteiger partial charge in [0.25, 0.3) is 0 Å². The molecule has 4 heteroatoms. The first kappa shape index (κ1) is 24.1. The molecule has 1 saturated heterocycles. The summed E-state index contributed by atoms with van der Waals surface area (Å²) >= 11 is 0. The topological polar surface area (TPSA) is 28.2 Å². The number of allylic oxidation sites excluding steroid dienone is 1. The normalized spacial score (nSPS) is 15.0. The van der Waals surface area contributed by atoms with E-state index in [2.05, 4.69) is 47.8 Å². The monoisotopic (exact) mass is 411 g/mol. The number of hydrogen-bond donors (Lipinski definition) is 1. The standard InChI is InChI=1S/C13H19F.C13H19N3/c1-3-6-11(4-2)9-12-7-5-8-13(14)10-12;1-11(2)12-5-3-6-13(15-12)16-9-4-7-14-8-10-16/h5,7-8,10-11H,3-4,6,9H2,1-2H3;3,5-6,14H,1,4,7-10H2,2H3. The minimum atomic E-state index is -0.117. The van der Waals surface area contributed by atoms with E-state index in [9.17, 15) is 4.39 Å². The molecule has 0 aliphatic carbocycles. The van der Waals surface area contributed by atoms with Gasteiger partial charge in [-0.25, -0.2) is 9.37 Å². The van der Waals surface area contributed by atoms with Crippen molar-refractivity contribution in [3.63, 3.8) is 0 Å². The van der Waals surface area contributed by atoms with Crippen LogP contribution in [0, 0.1) is 11.7 Å². The van der Waals surface area contributed by atoms with Crippen molar-refractivity contribution in [2.75, 3.05) is 31.1 Å². The summed E-state index contributed by atoms with van der Waals surface area (Å²) in [6.45, 7) is 14.6. The first-order valence-corrected chi connectivity index (χ1v) is 11.4. The molecule has 1 N–H and O–H groups in total. The SMILES string of the molecule is C=C(C)c1cccc(N2CCCNCC2)n1.CCCC(CC)Cc1cccc(F)c1. The highest BCUT2D eigenvalue weighted by atomic mass is 19.1. The van der Waals surface area contributed by atoms with Gasteiger partial charge < -0.3 is 10.2 Å². The summed E-state index contributed by atoms with van der Waals surface area (Å²) < 4.78 is 12.9. The molecule has 0 saturated carbocycles. The van der Waals surface area contributed by atoms with E-state index in [1.54, 1.807) is 12.1 Å². The molecule has 2 aromatic rings. The molecule has 0 bridgehead atoms. The molecule has 1 atom stereocenters. The van der Waals surface area contributed by atoms with Crippen LogP contribution in [-0.2, 0) is 6.42 Å². The summed E-state index contributed by atoms with van der Waals surface area (Å²) in [6, 6.07) is 13.1. The van der Waals surface area contributed by atoms with Gasteiger partial charge >= 0.3 is 0 Å². The maximum absolute atomic E-state index is 12.9. The lowest BCUT2D eigenvalue weighted by molar-refractivity contribution is 0.461. The summed E-state index contributed by atoms with van der Waals surface area (Å²) in [5, 5.41) is 3.40. The van der Waals surface area contributed by atoms with E-state index in [1.165, 1.54) is 31.7 Å². The van der Waals surface area contributed by atoms with Crippen LogP contribution in [0.2, 0.25) is 0 Å². The molecule has 1 aromatic heterocycles. The molecular weight excluding hydrogens is 373 g/mol. The Morgan fingerprint density at radius 3 is 2.67 bits per heavy atom. The van der Waals surface area contributed by atoms with Crippen molar-refractivity contribution in [2.24, 2.45) is 5.92 Å². The predicted molar refractivity (Wildman–Crippen MR) is 127 cm³/mol. The Balaban J connectivity index is 0.000000216. The number of nitrogens with one attached hydrogen (secondary N) is 1. The van der Waals surface area contributed by atoms with Gasteiger partial charge in [0.05, 0.1) is 5.69 Å². The number of rotatable bonds is 7. The van der Waals surface area contributed by atoms with Crippen molar-refractivity contribution in [3.8, 4) is 0 Å². The molecule has 0 amide bonds. The van der Waals surface area contributed by atoms with E-state index in [4.69, 9.17) is 0 Å². The predicted octanol–water partition coefficient (Wildman–Crippen LogP) is 6.11.